The highest BCUT2D eigenvalue weighted by atomic mass is 79.9. The quantitative estimate of drug-likeness (QED) is 0.538. The fraction of sp³-hybridized carbons (Fsp3) is 0.423. The third-order valence-corrected chi connectivity index (χ3v) is 6.49. The van der Waals surface area contributed by atoms with E-state index >= 15 is 0 Å². The maximum absolute atomic E-state index is 14.4. The van der Waals surface area contributed by atoms with E-state index in [2.05, 4.69) is 26.6 Å². The number of amides is 3. The number of hydrogen-bond donors (Lipinski definition) is 2. The van der Waals surface area contributed by atoms with Crippen LogP contribution in [0.2, 0.25) is 0 Å². The molecular weight excluding hydrogens is 517 g/mol. The fourth-order valence-corrected chi connectivity index (χ4v) is 4.49. The van der Waals surface area contributed by atoms with Gasteiger partial charge in [-0.1, -0.05) is 38.1 Å². The van der Waals surface area contributed by atoms with Crippen molar-refractivity contribution < 1.29 is 23.5 Å². The molecule has 7 nitrogen and oxygen atoms in total. The van der Waals surface area contributed by atoms with E-state index in [0.29, 0.717) is 0 Å². The Kier molecular flexibility index (Phi) is 7.59. The first-order chi connectivity index (χ1) is 16.3. The number of nitrogens with one attached hydrogen (secondary N) is 2. The highest BCUT2D eigenvalue weighted by molar-refractivity contribution is 9.10. The maximum Gasteiger partial charge on any atom is 0.410 e. The molecule has 0 aromatic heterocycles. The molecule has 2 aromatic carbocycles. The van der Waals surface area contributed by atoms with Gasteiger partial charge in [0.15, 0.2) is 0 Å². The number of nitrogens with zero attached hydrogens (tertiary/aromatic N) is 1. The third-order valence-electron chi connectivity index (χ3n) is 5.89. The van der Waals surface area contributed by atoms with Crippen molar-refractivity contribution in [2.75, 3.05) is 25.5 Å². The van der Waals surface area contributed by atoms with Gasteiger partial charge in [-0.3, -0.25) is 9.59 Å². The molecule has 188 valence electrons. The summed E-state index contributed by atoms with van der Waals surface area (Å²) < 4.78 is 20.0. The van der Waals surface area contributed by atoms with E-state index in [1.165, 1.54) is 18.0 Å². The van der Waals surface area contributed by atoms with Gasteiger partial charge in [-0.25, -0.2) is 9.18 Å². The Labute approximate surface area is 213 Å². The molecular formula is C26H31BrFN3O4. The van der Waals surface area contributed by atoms with Crippen LogP contribution < -0.4 is 10.6 Å². The summed E-state index contributed by atoms with van der Waals surface area (Å²) in [5.41, 5.74) is 0.148. The number of anilines is 1. The number of ether oxygens (including phenoxy) is 1. The van der Waals surface area contributed by atoms with Gasteiger partial charge in [0.25, 0.3) is 5.91 Å². The standard InChI is InChI=1S/C26H31BrFN3O4/c1-15(2)16-9-7-8-10-18(16)26(13-31(14-26)24(34)35-25(3,4)5)23(33)30-21-12-20(28)19(27)11-17(21)22(32)29-6/h7-12,15H,13-14H2,1-6H3,(H,29,32)(H,30,33). The van der Waals surface area contributed by atoms with Crippen molar-refractivity contribution in [3.05, 3.63) is 63.4 Å². The minimum absolute atomic E-state index is 0.0483. The number of hydrogen-bond acceptors (Lipinski definition) is 4. The molecule has 0 unspecified atom stereocenters. The fourth-order valence-electron chi connectivity index (χ4n) is 4.15. The monoisotopic (exact) mass is 547 g/mol. The number of halogens is 2. The van der Waals surface area contributed by atoms with Crippen LogP contribution >= 0.6 is 15.9 Å². The van der Waals surface area contributed by atoms with Gasteiger partial charge < -0.3 is 20.3 Å². The summed E-state index contributed by atoms with van der Waals surface area (Å²) in [6, 6.07) is 10.0. The predicted octanol–water partition coefficient (Wildman–Crippen LogP) is 5.20. The van der Waals surface area contributed by atoms with E-state index in [4.69, 9.17) is 4.74 Å². The van der Waals surface area contributed by atoms with Gasteiger partial charge in [-0.05, 0) is 65.9 Å². The lowest BCUT2D eigenvalue weighted by atomic mass is 9.70. The van der Waals surface area contributed by atoms with Gasteiger partial charge in [0, 0.05) is 20.1 Å². The van der Waals surface area contributed by atoms with E-state index < -0.39 is 34.7 Å². The first-order valence-electron chi connectivity index (χ1n) is 11.4. The Balaban J connectivity index is 2.03. The van der Waals surface area contributed by atoms with Crippen molar-refractivity contribution in [3.8, 4) is 0 Å². The number of likely N-dealkylation sites (tertiary alicyclic amines) is 1. The second-order valence-corrected chi connectivity index (χ2v) is 10.9. The summed E-state index contributed by atoms with van der Waals surface area (Å²) in [5.74, 6) is -1.40. The van der Waals surface area contributed by atoms with Crippen LogP contribution in [0.1, 0.15) is 62.0 Å². The molecule has 0 spiro atoms. The minimum Gasteiger partial charge on any atom is -0.444 e. The van der Waals surface area contributed by atoms with Crippen molar-refractivity contribution in [2.45, 2.75) is 51.6 Å². The van der Waals surface area contributed by atoms with E-state index in [1.807, 2.05) is 38.1 Å². The third kappa shape index (κ3) is 5.50. The van der Waals surface area contributed by atoms with Gasteiger partial charge in [-0.2, -0.15) is 0 Å². The average Bonchev–Trinajstić information content (AvgIpc) is 2.73. The molecule has 35 heavy (non-hydrogen) atoms. The maximum atomic E-state index is 14.4. The summed E-state index contributed by atoms with van der Waals surface area (Å²) in [6.45, 7) is 9.58. The smallest absolute Gasteiger partial charge is 0.410 e. The van der Waals surface area contributed by atoms with Crippen LogP contribution in [0.5, 0.6) is 0 Å². The van der Waals surface area contributed by atoms with Crippen molar-refractivity contribution in [2.24, 2.45) is 0 Å². The summed E-state index contributed by atoms with van der Waals surface area (Å²) in [4.78, 5) is 40.4. The van der Waals surface area contributed by atoms with Crippen molar-refractivity contribution in [3.63, 3.8) is 0 Å². The topological polar surface area (TPSA) is 87.7 Å². The molecule has 1 aliphatic heterocycles. The van der Waals surface area contributed by atoms with E-state index in [9.17, 15) is 18.8 Å². The van der Waals surface area contributed by atoms with Gasteiger partial charge in [0.2, 0.25) is 5.91 Å². The molecule has 9 heteroatoms. The van der Waals surface area contributed by atoms with Crippen molar-refractivity contribution in [1.82, 2.24) is 10.2 Å². The number of rotatable bonds is 5. The molecule has 0 saturated carbocycles. The largest absolute Gasteiger partial charge is 0.444 e. The number of benzene rings is 2. The summed E-state index contributed by atoms with van der Waals surface area (Å²) in [5, 5.41) is 5.27. The lowest BCUT2D eigenvalue weighted by Gasteiger charge is -2.49. The first kappa shape index (κ1) is 26.7. The van der Waals surface area contributed by atoms with E-state index in [-0.39, 0.29) is 34.7 Å². The van der Waals surface area contributed by atoms with Crippen molar-refractivity contribution in [1.29, 1.82) is 0 Å². The van der Waals surface area contributed by atoms with Crippen LogP contribution in [0.3, 0.4) is 0 Å². The zero-order valence-electron chi connectivity index (χ0n) is 20.8. The van der Waals surface area contributed by atoms with Crippen molar-refractivity contribution >= 4 is 39.5 Å². The predicted molar refractivity (Wildman–Crippen MR) is 136 cm³/mol. The Bertz CT molecular complexity index is 1150. The van der Waals surface area contributed by atoms with E-state index in [1.54, 1.807) is 20.8 Å². The Morgan fingerprint density at radius 3 is 2.34 bits per heavy atom. The van der Waals surface area contributed by atoms with Gasteiger partial charge in [0.05, 0.1) is 15.7 Å². The summed E-state index contributed by atoms with van der Waals surface area (Å²) in [7, 11) is 1.45. The molecule has 3 rings (SSSR count). The molecule has 1 fully saturated rings. The highest BCUT2D eigenvalue weighted by Gasteiger charge is 2.54. The van der Waals surface area contributed by atoms with Gasteiger partial charge in [-0.15, -0.1) is 0 Å². The SMILES string of the molecule is CNC(=O)c1cc(Br)c(F)cc1NC(=O)C1(c2ccccc2C(C)C)CN(C(=O)OC(C)(C)C)C1. The van der Waals surface area contributed by atoms with Crippen LogP contribution in [-0.4, -0.2) is 48.5 Å². The lowest BCUT2D eigenvalue weighted by molar-refractivity contribution is -0.127. The van der Waals surface area contributed by atoms with Crippen LogP contribution in [0.15, 0.2) is 40.9 Å². The average molecular weight is 548 g/mol. The molecule has 1 saturated heterocycles. The zero-order chi connectivity index (χ0) is 26.1. The normalized spacial score (nSPS) is 14.8. The van der Waals surface area contributed by atoms with Crippen LogP contribution in [0.25, 0.3) is 0 Å². The first-order valence-corrected chi connectivity index (χ1v) is 12.2. The zero-order valence-corrected chi connectivity index (χ0v) is 22.4. The second kappa shape index (κ2) is 9.97. The molecule has 0 atom stereocenters. The van der Waals surface area contributed by atoms with Crippen LogP contribution in [-0.2, 0) is 14.9 Å². The Hall–Kier alpha value is -2.94. The van der Waals surface area contributed by atoms with E-state index in [0.717, 1.165) is 17.2 Å². The second-order valence-electron chi connectivity index (χ2n) is 10.0. The van der Waals surface area contributed by atoms with Crippen LogP contribution in [0.4, 0.5) is 14.9 Å². The molecule has 0 bridgehead atoms. The van der Waals surface area contributed by atoms with Gasteiger partial charge in [0.1, 0.15) is 16.8 Å². The molecule has 2 aromatic rings. The molecule has 2 N–H and O–H groups in total. The number of carbonyl (C=O) groups is 3. The number of carbonyl (C=O) groups excluding carboxylic acids is 3. The minimum atomic E-state index is -1.10. The Morgan fingerprint density at radius 2 is 1.77 bits per heavy atom. The van der Waals surface area contributed by atoms with Gasteiger partial charge >= 0.3 is 6.09 Å². The lowest BCUT2D eigenvalue weighted by Crippen LogP contribution is -2.67. The highest BCUT2D eigenvalue weighted by Crippen LogP contribution is 2.41. The molecule has 0 aliphatic carbocycles. The Morgan fingerprint density at radius 1 is 1.14 bits per heavy atom. The summed E-state index contributed by atoms with van der Waals surface area (Å²) in [6.07, 6.45) is -0.510. The summed E-state index contributed by atoms with van der Waals surface area (Å²) >= 11 is 3.09. The molecule has 0 radical (unpaired) electrons. The molecule has 1 heterocycles. The van der Waals surface area contributed by atoms with Crippen LogP contribution in [0, 0.1) is 5.82 Å². The molecule has 1 aliphatic rings. The molecule has 3 amide bonds.